The highest BCUT2D eigenvalue weighted by atomic mass is 16.4. The first-order valence-corrected chi connectivity index (χ1v) is 8.81. The van der Waals surface area contributed by atoms with Crippen LogP contribution < -0.4 is 0 Å². The lowest BCUT2D eigenvalue weighted by Gasteiger charge is -2.03. The normalized spacial score (nSPS) is 13.8. The number of rotatable bonds is 15. The molecule has 0 spiro atoms. The molecule has 0 heterocycles. The van der Waals surface area contributed by atoms with Gasteiger partial charge in [0.1, 0.15) is 0 Å². The molecule has 0 aliphatic rings. The van der Waals surface area contributed by atoms with E-state index in [0.717, 1.165) is 44.9 Å². The van der Waals surface area contributed by atoms with Gasteiger partial charge in [0.25, 0.3) is 0 Å². The molecule has 24 heavy (non-hydrogen) atoms. The third-order valence-corrected chi connectivity index (χ3v) is 3.38. The molecule has 0 bridgehead atoms. The zero-order chi connectivity index (χ0) is 17.9. The van der Waals surface area contributed by atoms with Crippen LogP contribution in [0.4, 0.5) is 0 Å². The van der Waals surface area contributed by atoms with Crippen LogP contribution in [0.15, 0.2) is 48.6 Å². The predicted molar refractivity (Wildman–Crippen MR) is 98.8 cm³/mol. The van der Waals surface area contributed by atoms with Gasteiger partial charge in [0.05, 0.1) is 6.10 Å². The second kappa shape index (κ2) is 17.7. The number of carbonyl (C=O) groups is 1. The maximum absolute atomic E-state index is 10.3. The number of carboxylic acids is 1. The Balaban J connectivity index is 3.57. The zero-order valence-corrected chi connectivity index (χ0v) is 14.5. The number of carboxylic acid groups (broad SMARTS) is 1. The van der Waals surface area contributed by atoms with Gasteiger partial charge in [0.15, 0.2) is 0 Å². The van der Waals surface area contributed by atoms with Crippen molar-refractivity contribution in [2.24, 2.45) is 0 Å². The SMILES string of the molecule is O=C(O)CCC/C=C\C/C=C\C/C=C\C=C\C(O)CCCCCO. The molecule has 0 aliphatic heterocycles. The van der Waals surface area contributed by atoms with E-state index in [1.165, 1.54) is 0 Å². The molecule has 136 valence electrons. The van der Waals surface area contributed by atoms with Gasteiger partial charge in [-0.1, -0.05) is 61.4 Å². The molecule has 0 rings (SSSR count). The fourth-order valence-electron chi connectivity index (χ4n) is 2.02. The van der Waals surface area contributed by atoms with E-state index < -0.39 is 12.1 Å². The zero-order valence-electron chi connectivity index (χ0n) is 14.5. The van der Waals surface area contributed by atoms with E-state index in [1.54, 1.807) is 6.08 Å². The minimum Gasteiger partial charge on any atom is -0.481 e. The molecule has 0 aromatic rings. The van der Waals surface area contributed by atoms with Gasteiger partial charge in [-0.2, -0.15) is 0 Å². The van der Waals surface area contributed by atoms with E-state index in [0.29, 0.717) is 6.42 Å². The first-order chi connectivity index (χ1) is 11.7. The van der Waals surface area contributed by atoms with Gasteiger partial charge in [0, 0.05) is 13.0 Å². The van der Waals surface area contributed by atoms with Crippen LogP contribution in [0.2, 0.25) is 0 Å². The molecule has 0 saturated heterocycles. The number of allylic oxidation sites excluding steroid dienone is 7. The van der Waals surface area contributed by atoms with Gasteiger partial charge in [-0.05, 0) is 38.5 Å². The van der Waals surface area contributed by atoms with Crippen LogP contribution in [0.1, 0.15) is 57.8 Å². The van der Waals surface area contributed by atoms with Gasteiger partial charge in [0.2, 0.25) is 0 Å². The topological polar surface area (TPSA) is 77.8 Å². The molecule has 3 N–H and O–H groups in total. The summed E-state index contributed by atoms with van der Waals surface area (Å²) in [4.78, 5) is 10.3. The lowest BCUT2D eigenvalue weighted by Crippen LogP contribution is -2.01. The van der Waals surface area contributed by atoms with Crippen LogP contribution in [0.3, 0.4) is 0 Å². The first kappa shape index (κ1) is 22.4. The first-order valence-electron chi connectivity index (χ1n) is 8.81. The van der Waals surface area contributed by atoms with Crippen LogP contribution in [0.25, 0.3) is 0 Å². The Morgan fingerprint density at radius 3 is 2.29 bits per heavy atom. The van der Waals surface area contributed by atoms with Crippen molar-refractivity contribution in [1.29, 1.82) is 0 Å². The minimum atomic E-state index is -0.738. The van der Waals surface area contributed by atoms with Crippen molar-refractivity contribution in [3.8, 4) is 0 Å². The van der Waals surface area contributed by atoms with Crippen LogP contribution in [-0.4, -0.2) is 34.0 Å². The van der Waals surface area contributed by atoms with E-state index in [9.17, 15) is 9.90 Å². The molecular weight excluding hydrogens is 304 g/mol. The Labute approximate surface area is 145 Å². The van der Waals surface area contributed by atoms with E-state index in [4.69, 9.17) is 10.2 Å². The number of hydrogen-bond donors (Lipinski definition) is 3. The molecule has 0 radical (unpaired) electrons. The molecule has 1 unspecified atom stereocenters. The van der Waals surface area contributed by atoms with Crippen molar-refractivity contribution in [3.63, 3.8) is 0 Å². The summed E-state index contributed by atoms with van der Waals surface area (Å²) >= 11 is 0. The molecular formula is C20H32O4. The van der Waals surface area contributed by atoms with Crippen molar-refractivity contribution in [2.45, 2.75) is 63.9 Å². The standard InChI is InChI=1S/C20H32O4/c21-18-14-10-12-16-19(22)15-11-8-6-4-2-1-3-5-7-9-13-17-20(23)24/h1-2,5-8,11,15,19,21-22H,3-4,9-10,12-14,16-18H2,(H,23,24)/b2-1-,7-5-,8-6-,15-11+. The van der Waals surface area contributed by atoms with E-state index >= 15 is 0 Å². The molecule has 0 amide bonds. The van der Waals surface area contributed by atoms with E-state index in [-0.39, 0.29) is 13.0 Å². The fraction of sp³-hybridized carbons (Fsp3) is 0.550. The van der Waals surface area contributed by atoms with Gasteiger partial charge in [-0.15, -0.1) is 0 Å². The van der Waals surface area contributed by atoms with Crippen LogP contribution in [-0.2, 0) is 4.79 Å². The summed E-state index contributed by atoms with van der Waals surface area (Å²) in [6.07, 6.45) is 22.3. The summed E-state index contributed by atoms with van der Waals surface area (Å²) in [6.45, 7) is 0.225. The maximum Gasteiger partial charge on any atom is 0.303 e. The second-order valence-corrected chi connectivity index (χ2v) is 5.65. The predicted octanol–water partition coefficient (Wildman–Crippen LogP) is 4.16. The Morgan fingerprint density at radius 2 is 1.58 bits per heavy atom. The molecule has 1 atom stereocenters. The highest BCUT2D eigenvalue weighted by Crippen LogP contribution is 2.04. The summed E-state index contributed by atoms with van der Waals surface area (Å²) < 4.78 is 0. The van der Waals surface area contributed by atoms with E-state index in [1.807, 2.05) is 24.3 Å². The summed E-state index contributed by atoms with van der Waals surface area (Å²) in [7, 11) is 0. The third-order valence-electron chi connectivity index (χ3n) is 3.38. The quantitative estimate of drug-likeness (QED) is 0.238. The van der Waals surface area contributed by atoms with Crippen molar-refractivity contribution in [1.82, 2.24) is 0 Å². The summed E-state index contributed by atoms with van der Waals surface area (Å²) in [5, 5.41) is 26.9. The molecule has 0 aliphatic carbocycles. The summed E-state index contributed by atoms with van der Waals surface area (Å²) in [5.74, 6) is -0.738. The highest BCUT2D eigenvalue weighted by Gasteiger charge is 1.97. The lowest BCUT2D eigenvalue weighted by molar-refractivity contribution is -0.137. The Morgan fingerprint density at radius 1 is 0.875 bits per heavy atom. The van der Waals surface area contributed by atoms with Crippen LogP contribution in [0.5, 0.6) is 0 Å². The van der Waals surface area contributed by atoms with Crippen LogP contribution in [0, 0.1) is 0 Å². The molecule has 0 aromatic heterocycles. The second-order valence-electron chi connectivity index (χ2n) is 5.65. The average Bonchev–Trinajstić information content (AvgIpc) is 2.55. The molecule has 0 fully saturated rings. The van der Waals surface area contributed by atoms with Crippen LogP contribution >= 0.6 is 0 Å². The Bertz CT molecular complexity index is 408. The molecule has 0 saturated carbocycles. The number of hydrogen-bond acceptors (Lipinski definition) is 3. The number of aliphatic hydroxyl groups is 2. The van der Waals surface area contributed by atoms with Gasteiger partial charge >= 0.3 is 5.97 Å². The Kier molecular flexibility index (Phi) is 16.5. The monoisotopic (exact) mass is 336 g/mol. The van der Waals surface area contributed by atoms with Crippen molar-refractivity contribution < 1.29 is 20.1 Å². The van der Waals surface area contributed by atoms with Gasteiger partial charge in [-0.3, -0.25) is 4.79 Å². The lowest BCUT2D eigenvalue weighted by atomic mass is 10.1. The number of aliphatic carboxylic acids is 1. The Hall–Kier alpha value is -1.65. The van der Waals surface area contributed by atoms with Gasteiger partial charge < -0.3 is 15.3 Å². The molecule has 0 aromatic carbocycles. The minimum absolute atomic E-state index is 0.225. The third kappa shape index (κ3) is 18.4. The van der Waals surface area contributed by atoms with Gasteiger partial charge in [-0.25, -0.2) is 0 Å². The molecule has 4 nitrogen and oxygen atoms in total. The number of aliphatic hydroxyl groups excluding tert-OH is 2. The summed E-state index contributed by atoms with van der Waals surface area (Å²) in [5.41, 5.74) is 0. The molecule has 4 heteroatoms. The highest BCUT2D eigenvalue weighted by molar-refractivity contribution is 5.66. The average molecular weight is 336 g/mol. The number of unbranched alkanes of at least 4 members (excludes halogenated alkanes) is 3. The smallest absolute Gasteiger partial charge is 0.303 e. The summed E-state index contributed by atoms with van der Waals surface area (Å²) in [6, 6.07) is 0. The van der Waals surface area contributed by atoms with Crippen molar-refractivity contribution in [3.05, 3.63) is 48.6 Å². The fourth-order valence-corrected chi connectivity index (χ4v) is 2.02. The maximum atomic E-state index is 10.3. The van der Waals surface area contributed by atoms with Crippen molar-refractivity contribution in [2.75, 3.05) is 6.61 Å². The van der Waals surface area contributed by atoms with E-state index in [2.05, 4.69) is 18.2 Å². The van der Waals surface area contributed by atoms with Crippen molar-refractivity contribution >= 4 is 5.97 Å². The largest absolute Gasteiger partial charge is 0.481 e.